The maximum absolute atomic E-state index is 6.41. The van der Waals surface area contributed by atoms with Crippen molar-refractivity contribution in [3.8, 4) is 0 Å². The van der Waals surface area contributed by atoms with Gasteiger partial charge < -0.3 is 4.74 Å². The molecule has 19 heavy (non-hydrogen) atoms. The maximum Gasteiger partial charge on any atom is 0.0985 e. The lowest BCUT2D eigenvalue weighted by atomic mass is 9.49. The first-order valence-electron chi connectivity index (χ1n) is 8.53. The summed E-state index contributed by atoms with van der Waals surface area (Å²) < 4.78 is 6.41. The van der Waals surface area contributed by atoms with Gasteiger partial charge in [-0.1, -0.05) is 41.0 Å². The molecule has 3 rings (SSSR count). The van der Waals surface area contributed by atoms with Gasteiger partial charge in [-0.3, -0.25) is 0 Å². The highest BCUT2D eigenvalue weighted by Crippen LogP contribution is 2.68. The van der Waals surface area contributed by atoms with E-state index in [9.17, 15) is 0 Å². The molecule has 3 fully saturated rings. The van der Waals surface area contributed by atoms with Crippen LogP contribution in [0.5, 0.6) is 0 Å². The topological polar surface area (TPSA) is 12.5 Å². The van der Waals surface area contributed by atoms with Crippen LogP contribution in [0.25, 0.3) is 0 Å². The van der Waals surface area contributed by atoms with Gasteiger partial charge in [-0.25, -0.2) is 0 Å². The summed E-state index contributed by atoms with van der Waals surface area (Å²) >= 11 is 0. The van der Waals surface area contributed by atoms with Crippen molar-refractivity contribution in [2.24, 2.45) is 16.7 Å². The van der Waals surface area contributed by atoms with Crippen LogP contribution in [0.4, 0.5) is 0 Å². The molecule has 0 aromatic carbocycles. The van der Waals surface area contributed by atoms with Crippen molar-refractivity contribution in [3.63, 3.8) is 0 Å². The summed E-state index contributed by atoms with van der Waals surface area (Å²) in [5.74, 6) is 0.912. The standard InChI is InChI=1S/C18H32O/c1-6-17(7-2)18(19-17)12-9-14-15(3,4)10-8-11-16(14,5)13-18/h14H,6-13H2,1-5H3. The number of ether oxygens (including phenoxy) is 1. The fraction of sp³-hybridized carbons (Fsp3) is 1.00. The zero-order valence-corrected chi connectivity index (χ0v) is 13.6. The second-order valence-corrected chi connectivity index (χ2v) is 8.56. The molecule has 3 aliphatic rings. The molecule has 3 unspecified atom stereocenters. The quantitative estimate of drug-likeness (QED) is 0.614. The predicted molar refractivity (Wildman–Crippen MR) is 80.2 cm³/mol. The summed E-state index contributed by atoms with van der Waals surface area (Å²) in [6, 6.07) is 0. The van der Waals surface area contributed by atoms with Crippen LogP contribution in [0, 0.1) is 16.7 Å². The van der Waals surface area contributed by atoms with Crippen LogP contribution in [-0.4, -0.2) is 11.2 Å². The van der Waals surface area contributed by atoms with Crippen LogP contribution < -0.4 is 0 Å². The first-order valence-corrected chi connectivity index (χ1v) is 8.53. The molecule has 1 aliphatic heterocycles. The third-order valence-corrected chi connectivity index (χ3v) is 7.20. The molecule has 1 spiro atoms. The van der Waals surface area contributed by atoms with E-state index < -0.39 is 0 Å². The van der Waals surface area contributed by atoms with Gasteiger partial charge in [0, 0.05) is 0 Å². The molecule has 0 radical (unpaired) electrons. The lowest BCUT2D eigenvalue weighted by Crippen LogP contribution is -2.49. The zero-order chi connectivity index (χ0) is 13.9. The Kier molecular flexibility index (Phi) is 2.93. The minimum Gasteiger partial charge on any atom is -0.363 e. The average Bonchev–Trinajstić information content (AvgIpc) is 2.94. The third kappa shape index (κ3) is 1.76. The van der Waals surface area contributed by atoms with Crippen molar-refractivity contribution in [2.75, 3.05) is 0 Å². The van der Waals surface area contributed by atoms with E-state index >= 15 is 0 Å². The average molecular weight is 264 g/mol. The molecule has 1 saturated heterocycles. The molecule has 0 bridgehead atoms. The van der Waals surface area contributed by atoms with Crippen molar-refractivity contribution >= 4 is 0 Å². The van der Waals surface area contributed by atoms with Gasteiger partial charge in [-0.15, -0.1) is 0 Å². The monoisotopic (exact) mass is 264 g/mol. The third-order valence-electron chi connectivity index (χ3n) is 7.20. The van der Waals surface area contributed by atoms with E-state index in [1.165, 1.54) is 51.4 Å². The highest BCUT2D eigenvalue weighted by Gasteiger charge is 2.71. The lowest BCUT2D eigenvalue weighted by Gasteiger charge is -2.55. The number of rotatable bonds is 2. The summed E-state index contributed by atoms with van der Waals surface area (Å²) in [6.45, 7) is 12.2. The van der Waals surface area contributed by atoms with Crippen molar-refractivity contribution in [3.05, 3.63) is 0 Å². The molecule has 2 aliphatic carbocycles. The molecule has 110 valence electrons. The van der Waals surface area contributed by atoms with Crippen LogP contribution in [0.1, 0.15) is 86.0 Å². The number of hydrogen-bond acceptors (Lipinski definition) is 1. The van der Waals surface area contributed by atoms with E-state index in [4.69, 9.17) is 4.74 Å². The minimum atomic E-state index is 0.239. The Labute approximate surface area is 119 Å². The van der Waals surface area contributed by atoms with E-state index in [2.05, 4.69) is 34.6 Å². The van der Waals surface area contributed by atoms with E-state index in [-0.39, 0.29) is 11.2 Å². The molecule has 0 aromatic heterocycles. The van der Waals surface area contributed by atoms with Crippen molar-refractivity contribution in [1.29, 1.82) is 0 Å². The first-order chi connectivity index (χ1) is 8.83. The second kappa shape index (κ2) is 4.00. The predicted octanol–water partition coefficient (Wildman–Crippen LogP) is 5.33. The normalized spacial score (nSPS) is 46.9. The van der Waals surface area contributed by atoms with Crippen molar-refractivity contribution < 1.29 is 4.74 Å². The van der Waals surface area contributed by atoms with Gasteiger partial charge in [0.05, 0.1) is 11.2 Å². The lowest BCUT2D eigenvalue weighted by molar-refractivity contribution is -0.0570. The number of epoxide rings is 1. The van der Waals surface area contributed by atoms with Gasteiger partial charge in [-0.05, 0) is 61.7 Å². The summed E-state index contributed by atoms with van der Waals surface area (Å²) in [5, 5.41) is 0. The van der Waals surface area contributed by atoms with Crippen LogP contribution in [0.2, 0.25) is 0 Å². The van der Waals surface area contributed by atoms with Crippen molar-refractivity contribution in [2.45, 2.75) is 97.2 Å². The van der Waals surface area contributed by atoms with Gasteiger partial charge in [-0.2, -0.15) is 0 Å². The fourth-order valence-electron chi connectivity index (χ4n) is 6.17. The van der Waals surface area contributed by atoms with Gasteiger partial charge in [0.1, 0.15) is 0 Å². The number of hydrogen-bond donors (Lipinski definition) is 0. The molecule has 1 heterocycles. The van der Waals surface area contributed by atoms with Gasteiger partial charge in [0.25, 0.3) is 0 Å². The molecule has 2 saturated carbocycles. The Hall–Kier alpha value is -0.0400. The van der Waals surface area contributed by atoms with Gasteiger partial charge >= 0.3 is 0 Å². The van der Waals surface area contributed by atoms with Crippen LogP contribution in [-0.2, 0) is 4.74 Å². The Bertz CT molecular complexity index is 368. The van der Waals surface area contributed by atoms with Gasteiger partial charge in [0.15, 0.2) is 0 Å². The van der Waals surface area contributed by atoms with Crippen LogP contribution in [0.3, 0.4) is 0 Å². The molecule has 0 amide bonds. The molecule has 1 heteroatoms. The largest absolute Gasteiger partial charge is 0.363 e. The maximum atomic E-state index is 6.41. The van der Waals surface area contributed by atoms with Crippen LogP contribution in [0.15, 0.2) is 0 Å². The molecular formula is C18H32O. The SMILES string of the molecule is CCC1(CC)OC12CCC1C(C)(C)CCCC1(C)C2. The molecule has 1 nitrogen and oxygen atoms in total. The Morgan fingerprint density at radius 3 is 2.26 bits per heavy atom. The highest BCUT2D eigenvalue weighted by molar-refractivity contribution is 5.20. The minimum absolute atomic E-state index is 0.239. The van der Waals surface area contributed by atoms with E-state index in [0.717, 1.165) is 5.92 Å². The summed E-state index contributed by atoms with van der Waals surface area (Å²) in [5.41, 5.74) is 1.58. The zero-order valence-electron chi connectivity index (χ0n) is 13.6. The Morgan fingerprint density at radius 1 is 1.00 bits per heavy atom. The summed E-state index contributed by atoms with van der Waals surface area (Å²) in [6.07, 6.45) is 10.7. The second-order valence-electron chi connectivity index (χ2n) is 8.56. The van der Waals surface area contributed by atoms with Crippen LogP contribution >= 0.6 is 0 Å². The number of fused-ring (bicyclic) bond motifs is 1. The first kappa shape index (κ1) is 13.9. The highest BCUT2D eigenvalue weighted by atomic mass is 16.6. The Balaban J connectivity index is 1.85. The Morgan fingerprint density at radius 2 is 1.68 bits per heavy atom. The van der Waals surface area contributed by atoms with E-state index in [1.807, 2.05) is 0 Å². The smallest absolute Gasteiger partial charge is 0.0985 e. The summed E-state index contributed by atoms with van der Waals surface area (Å²) in [7, 11) is 0. The molecule has 3 atom stereocenters. The van der Waals surface area contributed by atoms with Gasteiger partial charge in [0.2, 0.25) is 0 Å². The fourth-order valence-corrected chi connectivity index (χ4v) is 6.17. The van der Waals surface area contributed by atoms with E-state index in [0.29, 0.717) is 10.8 Å². The molecule has 0 N–H and O–H groups in total. The molecule has 0 aromatic rings. The van der Waals surface area contributed by atoms with Crippen molar-refractivity contribution in [1.82, 2.24) is 0 Å². The summed E-state index contributed by atoms with van der Waals surface area (Å²) in [4.78, 5) is 0. The molecular weight excluding hydrogens is 232 g/mol. The van der Waals surface area contributed by atoms with E-state index in [1.54, 1.807) is 0 Å².